The van der Waals surface area contributed by atoms with Crippen LogP contribution in [0.25, 0.3) is 0 Å². The number of hydrogen-bond acceptors (Lipinski definition) is 4. The molecule has 106 valence electrons. The van der Waals surface area contributed by atoms with Crippen molar-refractivity contribution in [3.8, 4) is 0 Å². The summed E-state index contributed by atoms with van der Waals surface area (Å²) in [5.74, 6) is -0.209. The molecule has 1 aromatic carbocycles. The highest BCUT2D eigenvalue weighted by Crippen LogP contribution is 2.21. The largest absolute Gasteiger partial charge is 0.469 e. The fraction of sp³-hybridized carbons (Fsp3) is 0.267. The van der Waals surface area contributed by atoms with Gasteiger partial charge in [0.25, 0.3) is 0 Å². The standard InChI is InChI=1S/C15H16BrNO2S/c1-19-15(18)8-11-4-2-3-5-12(11)9-17-10-13-6-7-14(16)20-13/h2-7,17H,8-10H2,1H3. The normalized spacial score (nSPS) is 10.5. The number of nitrogens with one attached hydrogen (secondary N) is 1. The molecule has 0 aliphatic heterocycles. The van der Waals surface area contributed by atoms with Crippen molar-refractivity contribution in [3.63, 3.8) is 0 Å². The molecule has 2 rings (SSSR count). The molecule has 0 aliphatic rings. The summed E-state index contributed by atoms with van der Waals surface area (Å²) in [4.78, 5) is 12.7. The molecule has 20 heavy (non-hydrogen) atoms. The van der Waals surface area contributed by atoms with Crippen molar-refractivity contribution in [1.29, 1.82) is 0 Å². The smallest absolute Gasteiger partial charge is 0.309 e. The number of rotatable bonds is 6. The fourth-order valence-corrected chi connectivity index (χ4v) is 3.35. The van der Waals surface area contributed by atoms with Gasteiger partial charge in [0.05, 0.1) is 17.3 Å². The van der Waals surface area contributed by atoms with Gasteiger partial charge in [0.1, 0.15) is 0 Å². The van der Waals surface area contributed by atoms with E-state index in [4.69, 9.17) is 4.74 Å². The van der Waals surface area contributed by atoms with Crippen LogP contribution in [0.2, 0.25) is 0 Å². The van der Waals surface area contributed by atoms with E-state index in [0.717, 1.165) is 28.0 Å². The minimum absolute atomic E-state index is 0.209. The number of methoxy groups -OCH3 is 1. The number of halogens is 1. The fourth-order valence-electron chi connectivity index (χ4n) is 1.90. The number of carbonyl (C=O) groups is 1. The molecule has 0 radical (unpaired) electrons. The van der Waals surface area contributed by atoms with Crippen molar-refractivity contribution in [1.82, 2.24) is 5.32 Å². The Morgan fingerprint density at radius 2 is 1.95 bits per heavy atom. The van der Waals surface area contributed by atoms with Gasteiger partial charge in [-0.25, -0.2) is 0 Å². The second-order valence-corrected chi connectivity index (χ2v) is 6.88. The second-order valence-electron chi connectivity index (χ2n) is 4.33. The summed E-state index contributed by atoms with van der Waals surface area (Å²) in [6, 6.07) is 12.1. The summed E-state index contributed by atoms with van der Waals surface area (Å²) >= 11 is 5.18. The van der Waals surface area contributed by atoms with Crippen LogP contribution in [0.3, 0.4) is 0 Å². The Morgan fingerprint density at radius 3 is 2.60 bits per heavy atom. The SMILES string of the molecule is COC(=O)Cc1ccccc1CNCc1ccc(Br)s1. The number of benzene rings is 1. The Balaban J connectivity index is 1.93. The number of hydrogen-bond donors (Lipinski definition) is 1. The first-order chi connectivity index (χ1) is 9.69. The third kappa shape index (κ3) is 4.44. The quantitative estimate of drug-likeness (QED) is 0.807. The monoisotopic (exact) mass is 353 g/mol. The third-order valence-corrected chi connectivity index (χ3v) is 4.55. The van der Waals surface area contributed by atoms with Crippen molar-refractivity contribution in [3.05, 3.63) is 56.2 Å². The predicted molar refractivity (Wildman–Crippen MR) is 84.7 cm³/mol. The van der Waals surface area contributed by atoms with Crippen LogP contribution in [0.5, 0.6) is 0 Å². The molecule has 0 saturated heterocycles. The molecular weight excluding hydrogens is 338 g/mol. The number of ether oxygens (including phenoxy) is 1. The highest BCUT2D eigenvalue weighted by Gasteiger charge is 2.07. The molecule has 2 aromatic rings. The molecule has 0 unspecified atom stereocenters. The lowest BCUT2D eigenvalue weighted by molar-refractivity contribution is -0.139. The zero-order chi connectivity index (χ0) is 14.4. The van der Waals surface area contributed by atoms with E-state index in [1.54, 1.807) is 11.3 Å². The third-order valence-electron chi connectivity index (χ3n) is 2.92. The van der Waals surface area contributed by atoms with Gasteiger partial charge >= 0.3 is 5.97 Å². The van der Waals surface area contributed by atoms with Gasteiger partial charge in [-0.1, -0.05) is 24.3 Å². The first-order valence-electron chi connectivity index (χ1n) is 6.27. The van der Waals surface area contributed by atoms with Crippen molar-refractivity contribution in [2.45, 2.75) is 19.5 Å². The van der Waals surface area contributed by atoms with Crippen molar-refractivity contribution in [2.75, 3.05) is 7.11 Å². The van der Waals surface area contributed by atoms with Crippen molar-refractivity contribution < 1.29 is 9.53 Å². The van der Waals surface area contributed by atoms with Gasteiger partial charge in [0.2, 0.25) is 0 Å². The van der Waals surface area contributed by atoms with Gasteiger partial charge in [-0.2, -0.15) is 0 Å². The Kier molecular flexibility index (Phi) is 5.76. The number of thiophene rings is 1. The van der Waals surface area contributed by atoms with E-state index in [1.165, 1.54) is 12.0 Å². The van der Waals surface area contributed by atoms with E-state index in [1.807, 2.05) is 30.3 Å². The zero-order valence-corrected chi connectivity index (χ0v) is 13.6. The highest BCUT2D eigenvalue weighted by molar-refractivity contribution is 9.11. The van der Waals surface area contributed by atoms with E-state index in [2.05, 4.69) is 27.3 Å². The molecule has 0 atom stereocenters. The average molecular weight is 354 g/mol. The number of carbonyl (C=O) groups excluding carboxylic acids is 1. The molecule has 0 bridgehead atoms. The minimum atomic E-state index is -0.209. The number of esters is 1. The van der Waals surface area contributed by atoms with Crippen molar-refractivity contribution >= 4 is 33.2 Å². The summed E-state index contributed by atoms with van der Waals surface area (Å²) < 4.78 is 5.86. The Hall–Kier alpha value is -1.17. The van der Waals surface area contributed by atoms with Gasteiger partial charge in [-0.15, -0.1) is 11.3 Å². The summed E-state index contributed by atoms with van der Waals surface area (Å²) in [6.45, 7) is 1.56. The van der Waals surface area contributed by atoms with Crippen LogP contribution in [-0.4, -0.2) is 13.1 Å². The second kappa shape index (κ2) is 7.57. The molecule has 1 heterocycles. The summed E-state index contributed by atoms with van der Waals surface area (Å²) in [5.41, 5.74) is 2.15. The minimum Gasteiger partial charge on any atom is -0.469 e. The molecule has 0 aliphatic carbocycles. The molecular formula is C15H16BrNO2S. The van der Waals surface area contributed by atoms with Crippen LogP contribution < -0.4 is 5.32 Å². The van der Waals surface area contributed by atoms with Crippen molar-refractivity contribution in [2.24, 2.45) is 0 Å². The summed E-state index contributed by atoms with van der Waals surface area (Å²) in [7, 11) is 1.41. The van der Waals surface area contributed by atoms with Crippen LogP contribution in [-0.2, 0) is 29.0 Å². The van der Waals surface area contributed by atoms with Crippen LogP contribution in [0.4, 0.5) is 0 Å². The first-order valence-corrected chi connectivity index (χ1v) is 7.88. The molecule has 0 amide bonds. The Bertz CT molecular complexity index is 583. The van der Waals surface area contributed by atoms with Crippen LogP contribution in [0, 0.1) is 0 Å². The van der Waals surface area contributed by atoms with E-state index in [-0.39, 0.29) is 5.97 Å². The molecule has 0 fully saturated rings. The molecule has 1 N–H and O–H groups in total. The van der Waals surface area contributed by atoms with Gasteiger partial charge in [-0.05, 0) is 39.2 Å². The summed E-state index contributed by atoms with van der Waals surface area (Å²) in [5, 5.41) is 3.40. The molecule has 5 heteroatoms. The van der Waals surface area contributed by atoms with Crippen LogP contribution in [0.15, 0.2) is 40.2 Å². The molecule has 0 saturated carbocycles. The van der Waals surface area contributed by atoms with Gasteiger partial charge in [-0.3, -0.25) is 4.79 Å². The molecule has 0 spiro atoms. The predicted octanol–water partition coefficient (Wildman–Crippen LogP) is 3.52. The lowest BCUT2D eigenvalue weighted by Gasteiger charge is -2.09. The Morgan fingerprint density at radius 1 is 1.20 bits per heavy atom. The highest BCUT2D eigenvalue weighted by atomic mass is 79.9. The summed E-state index contributed by atoms with van der Waals surface area (Å²) in [6.07, 6.45) is 0.318. The van der Waals surface area contributed by atoms with E-state index in [9.17, 15) is 4.79 Å². The van der Waals surface area contributed by atoms with E-state index in [0.29, 0.717) is 6.42 Å². The first kappa shape index (κ1) is 15.2. The van der Waals surface area contributed by atoms with Gasteiger partial charge in [0.15, 0.2) is 0 Å². The van der Waals surface area contributed by atoms with Crippen LogP contribution >= 0.6 is 27.3 Å². The zero-order valence-electron chi connectivity index (χ0n) is 11.2. The topological polar surface area (TPSA) is 38.3 Å². The van der Waals surface area contributed by atoms with E-state index >= 15 is 0 Å². The van der Waals surface area contributed by atoms with Crippen LogP contribution in [0.1, 0.15) is 16.0 Å². The lowest BCUT2D eigenvalue weighted by atomic mass is 10.0. The maximum absolute atomic E-state index is 11.4. The average Bonchev–Trinajstić information content (AvgIpc) is 2.86. The maximum atomic E-state index is 11.4. The molecule has 1 aromatic heterocycles. The van der Waals surface area contributed by atoms with E-state index < -0.39 is 0 Å². The lowest BCUT2D eigenvalue weighted by Crippen LogP contribution is -2.15. The van der Waals surface area contributed by atoms with Gasteiger partial charge < -0.3 is 10.1 Å². The maximum Gasteiger partial charge on any atom is 0.309 e. The molecule has 3 nitrogen and oxygen atoms in total. The van der Waals surface area contributed by atoms with Gasteiger partial charge in [0, 0.05) is 18.0 Å². The Labute approximate surface area is 131 Å².